The number of thiophene rings is 2. The minimum absolute atomic E-state index is 0.0509. The number of aldehydes is 1. The van der Waals surface area contributed by atoms with Gasteiger partial charge in [-0.25, -0.2) is 0 Å². The molecule has 0 aliphatic carbocycles. The molecule has 4 aliphatic rings. The number of amidine groups is 2. The number of aliphatic imine (C=N–C) groups is 2. The molecular formula is C44H42N8O5S4. The van der Waals surface area contributed by atoms with Gasteiger partial charge in [0.1, 0.15) is 6.29 Å². The lowest BCUT2D eigenvalue weighted by molar-refractivity contribution is -0.117. The van der Waals surface area contributed by atoms with E-state index in [1.807, 2.05) is 83.8 Å². The van der Waals surface area contributed by atoms with E-state index < -0.39 is 0 Å². The van der Waals surface area contributed by atoms with Gasteiger partial charge in [-0.2, -0.15) is 0 Å². The first kappa shape index (κ1) is 42.3. The van der Waals surface area contributed by atoms with E-state index in [2.05, 4.69) is 52.5 Å². The maximum Gasteiger partial charge on any atom is 0.264 e. The summed E-state index contributed by atoms with van der Waals surface area (Å²) < 4.78 is 10.9. The first-order valence-electron chi connectivity index (χ1n) is 19.6. The molecule has 0 unspecified atom stereocenters. The van der Waals surface area contributed by atoms with Crippen molar-refractivity contribution in [2.75, 3.05) is 68.2 Å². The number of thioether (sulfide) groups is 2. The fourth-order valence-corrected chi connectivity index (χ4v) is 9.55. The van der Waals surface area contributed by atoms with Crippen LogP contribution in [0.3, 0.4) is 0 Å². The molecule has 0 bridgehead atoms. The summed E-state index contributed by atoms with van der Waals surface area (Å²) in [7, 11) is 0. The second-order valence-corrected chi connectivity index (χ2v) is 17.9. The predicted molar refractivity (Wildman–Crippen MR) is 250 cm³/mol. The second kappa shape index (κ2) is 20.9. The molecule has 2 N–H and O–H groups in total. The molecule has 0 saturated carbocycles. The number of hydrogen-bond donors (Lipinski definition) is 2. The van der Waals surface area contributed by atoms with Crippen LogP contribution in [-0.4, -0.2) is 96.8 Å². The standard InChI is InChI=1S/C22H20N4O2S2.C14H14N2O2.C8H8N2OS2/c27-21-20(30-22(25-21)24-14-16-2-1-11-29-16)13-15-3-4-18-17(12-15)19(5-6-23-18)26-7-9-28-10-8-26;17-10-11-1-2-13-12(9-11)14(3-4-15-13)16-5-7-18-8-6-16;11-7-5-13-8(10-7)9-4-6-2-1-3-12-6/h1-6,11-13H,7-10,14H2,(H,24,25,27);1-4,9-10H,5-8H2;1-3H,4-5H2,(H,9,10,11)/b20-13-;;. The highest BCUT2D eigenvalue weighted by Gasteiger charge is 2.24. The molecule has 17 heteroatoms. The van der Waals surface area contributed by atoms with Crippen LogP contribution in [-0.2, 0) is 32.2 Å². The van der Waals surface area contributed by atoms with Gasteiger partial charge in [0, 0.05) is 76.0 Å². The van der Waals surface area contributed by atoms with Crippen LogP contribution in [0.5, 0.6) is 0 Å². The zero-order valence-corrected chi connectivity index (χ0v) is 36.3. The Morgan fingerprint density at radius 1 is 0.689 bits per heavy atom. The van der Waals surface area contributed by atoms with E-state index in [1.165, 1.54) is 33.3 Å². The number of ether oxygens (including phenoxy) is 2. The monoisotopic (exact) mass is 890 g/mol. The molecule has 4 fully saturated rings. The van der Waals surface area contributed by atoms with E-state index in [-0.39, 0.29) is 11.8 Å². The molecule has 4 aliphatic heterocycles. The number of hydrogen-bond acceptors (Lipinski definition) is 15. The smallest absolute Gasteiger partial charge is 0.264 e. The molecule has 4 saturated heterocycles. The first-order valence-corrected chi connectivity index (χ1v) is 23.2. The highest BCUT2D eigenvalue weighted by atomic mass is 32.2. The average Bonchev–Trinajstić information content (AvgIpc) is 4.16. The zero-order valence-electron chi connectivity index (χ0n) is 33.0. The number of fused-ring (bicyclic) bond motifs is 2. The molecule has 13 nitrogen and oxygen atoms in total. The first-order chi connectivity index (χ1) is 30.0. The SMILES string of the molecule is O=C1CSC(=NCc2cccs2)N1.O=C1NC(=NCc2cccs2)S/C1=C\c1ccc2nccc(N3CCOCC3)c2c1.O=Cc1ccc2nccc(N3CCOCC3)c2c1. The van der Waals surface area contributed by atoms with Crippen molar-refractivity contribution in [2.45, 2.75) is 13.1 Å². The Bertz CT molecular complexity index is 2570. The van der Waals surface area contributed by atoms with E-state index in [1.54, 1.807) is 28.7 Å². The molecule has 312 valence electrons. The van der Waals surface area contributed by atoms with Crippen molar-refractivity contribution in [1.82, 2.24) is 20.6 Å². The average molecular weight is 891 g/mol. The van der Waals surface area contributed by atoms with E-state index in [4.69, 9.17) is 9.47 Å². The molecule has 8 heterocycles. The number of carbonyl (C=O) groups is 3. The van der Waals surface area contributed by atoms with Gasteiger partial charge in [-0.1, -0.05) is 30.0 Å². The third-order valence-electron chi connectivity index (χ3n) is 9.78. The Morgan fingerprint density at radius 2 is 1.25 bits per heavy atom. The number of carbonyl (C=O) groups excluding carboxylic acids is 3. The molecule has 0 radical (unpaired) electrons. The summed E-state index contributed by atoms with van der Waals surface area (Å²) in [5.74, 6) is 0.447. The van der Waals surface area contributed by atoms with Crippen LogP contribution >= 0.6 is 46.2 Å². The summed E-state index contributed by atoms with van der Waals surface area (Å²) in [5, 5.41) is 13.1. The van der Waals surface area contributed by atoms with Crippen molar-refractivity contribution in [3.05, 3.63) is 122 Å². The lowest BCUT2D eigenvalue weighted by Gasteiger charge is -2.29. The second-order valence-electron chi connectivity index (χ2n) is 13.8. The lowest BCUT2D eigenvalue weighted by Crippen LogP contribution is -2.36. The molecular weight excluding hydrogens is 849 g/mol. The Balaban J connectivity index is 0.000000140. The topological polar surface area (TPSA) is 151 Å². The van der Waals surface area contributed by atoms with Gasteiger partial charge in [0.25, 0.3) is 5.91 Å². The van der Waals surface area contributed by atoms with Crippen molar-refractivity contribution in [3.8, 4) is 0 Å². The molecule has 4 aromatic heterocycles. The Kier molecular flexibility index (Phi) is 14.5. The summed E-state index contributed by atoms with van der Waals surface area (Å²) in [5.41, 5.74) is 5.82. The maximum absolute atomic E-state index is 12.4. The van der Waals surface area contributed by atoms with Gasteiger partial charge in [-0.15, -0.1) is 22.7 Å². The number of amides is 2. The van der Waals surface area contributed by atoms with E-state index in [0.717, 1.165) is 103 Å². The van der Waals surface area contributed by atoms with Crippen LogP contribution in [0.4, 0.5) is 11.4 Å². The van der Waals surface area contributed by atoms with Crippen molar-refractivity contribution in [3.63, 3.8) is 0 Å². The summed E-state index contributed by atoms with van der Waals surface area (Å²) in [4.78, 5) is 59.4. The molecule has 6 aromatic rings. The van der Waals surface area contributed by atoms with Crippen molar-refractivity contribution >= 4 is 114 Å². The number of nitrogens with one attached hydrogen (secondary N) is 2. The summed E-state index contributed by atoms with van der Waals surface area (Å²) in [6, 6.07) is 23.8. The number of aromatic nitrogens is 2. The molecule has 2 aromatic carbocycles. The molecule has 61 heavy (non-hydrogen) atoms. The Hall–Kier alpha value is -5.43. The van der Waals surface area contributed by atoms with E-state index in [0.29, 0.717) is 34.5 Å². The number of nitrogens with zero attached hydrogens (tertiary/aromatic N) is 6. The predicted octanol–water partition coefficient (Wildman–Crippen LogP) is 7.24. The van der Waals surface area contributed by atoms with Gasteiger partial charge in [-0.3, -0.25) is 34.3 Å². The number of benzene rings is 2. The van der Waals surface area contributed by atoms with E-state index >= 15 is 0 Å². The van der Waals surface area contributed by atoms with Crippen LogP contribution in [0.15, 0.2) is 111 Å². The van der Waals surface area contributed by atoms with Crippen LogP contribution in [0, 0.1) is 0 Å². The summed E-state index contributed by atoms with van der Waals surface area (Å²) >= 11 is 6.19. The molecule has 10 rings (SSSR count). The summed E-state index contributed by atoms with van der Waals surface area (Å²) in [6.45, 7) is 7.71. The molecule has 2 amide bonds. The van der Waals surface area contributed by atoms with Gasteiger partial charge < -0.3 is 29.9 Å². The fourth-order valence-electron chi connectivity index (χ4n) is 6.79. The van der Waals surface area contributed by atoms with Gasteiger partial charge in [-0.05, 0) is 88.8 Å². The Labute approximate surface area is 369 Å². The van der Waals surface area contributed by atoms with Crippen LogP contribution in [0.2, 0.25) is 0 Å². The van der Waals surface area contributed by atoms with E-state index in [9.17, 15) is 14.4 Å². The number of anilines is 2. The normalized spacial score (nSPS) is 18.5. The fraction of sp³-hybridized carbons (Fsp3) is 0.250. The van der Waals surface area contributed by atoms with Gasteiger partial charge in [0.05, 0.1) is 61.2 Å². The third-order valence-corrected chi connectivity index (χ3v) is 13.4. The molecule has 0 spiro atoms. The van der Waals surface area contributed by atoms with Crippen LogP contribution in [0.1, 0.15) is 25.7 Å². The Morgan fingerprint density at radius 3 is 1.77 bits per heavy atom. The van der Waals surface area contributed by atoms with Crippen molar-refractivity contribution < 1.29 is 23.9 Å². The van der Waals surface area contributed by atoms with Gasteiger partial charge >= 0.3 is 0 Å². The third kappa shape index (κ3) is 11.3. The van der Waals surface area contributed by atoms with Crippen LogP contribution < -0.4 is 20.4 Å². The molecule has 0 atom stereocenters. The number of pyridine rings is 2. The minimum atomic E-state index is -0.107. The number of rotatable bonds is 8. The summed E-state index contributed by atoms with van der Waals surface area (Å²) in [6.07, 6.45) is 6.45. The highest BCUT2D eigenvalue weighted by molar-refractivity contribution is 8.18. The van der Waals surface area contributed by atoms with Crippen LogP contribution in [0.25, 0.3) is 27.9 Å². The van der Waals surface area contributed by atoms with Gasteiger partial charge in [0.15, 0.2) is 10.3 Å². The van der Waals surface area contributed by atoms with Crippen molar-refractivity contribution in [2.24, 2.45) is 9.98 Å². The number of morpholine rings is 2. The zero-order chi connectivity index (χ0) is 41.8. The van der Waals surface area contributed by atoms with Gasteiger partial charge in [0.2, 0.25) is 5.91 Å². The lowest BCUT2D eigenvalue weighted by atomic mass is 10.1. The maximum atomic E-state index is 12.4. The largest absolute Gasteiger partial charge is 0.378 e. The minimum Gasteiger partial charge on any atom is -0.378 e. The highest BCUT2D eigenvalue weighted by Crippen LogP contribution is 2.31. The quantitative estimate of drug-likeness (QED) is 0.118. The van der Waals surface area contributed by atoms with Crippen molar-refractivity contribution in [1.29, 1.82) is 0 Å².